The van der Waals surface area contributed by atoms with E-state index < -0.39 is 5.82 Å². The lowest BCUT2D eigenvalue weighted by Crippen LogP contribution is -2.40. The van der Waals surface area contributed by atoms with E-state index in [0.29, 0.717) is 30.5 Å². The first-order valence-corrected chi connectivity index (χ1v) is 9.85. The van der Waals surface area contributed by atoms with Gasteiger partial charge in [0.05, 0.1) is 27.9 Å². The maximum atomic E-state index is 14.5. The van der Waals surface area contributed by atoms with Gasteiger partial charge in [0.25, 0.3) is 0 Å². The Kier molecular flexibility index (Phi) is 7.55. The highest BCUT2D eigenvalue weighted by Gasteiger charge is 2.24. The molecule has 0 saturated carbocycles. The molecule has 1 aliphatic rings. The van der Waals surface area contributed by atoms with Gasteiger partial charge < -0.3 is 20.1 Å². The summed E-state index contributed by atoms with van der Waals surface area (Å²) in [4.78, 5) is 8.66. The van der Waals surface area contributed by atoms with Crippen molar-refractivity contribution in [2.24, 2.45) is 0 Å². The smallest absolute Gasteiger partial charge is 0.166 e. The molecule has 0 aliphatic carbocycles. The second-order valence-corrected chi connectivity index (χ2v) is 7.46. The molecule has 4 rings (SSSR count). The number of ether oxygens (including phenoxy) is 2. The lowest BCUT2D eigenvalue weighted by atomic mass is 9.91. The van der Waals surface area contributed by atoms with Crippen molar-refractivity contribution in [2.45, 2.75) is 5.92 Å². The molecule has 160 valence electrons. The van der Waals surface area contributed by atoms with Crippen LogP contribution in [0.15, 0.2) is 30.6 Å². The molecule has 6 nitrogen and oxygen atoms in total. The van der Waals surface area contributed by atoms with Crippen molar-refractivity contribution in [3.05, 3.63) is 52.0 Å². The number of halogens is 4. The minimum absolute atomic E-state index is 0. The minimum Gasteiger partial charge on any atom is -0.491 e. The average molecular weight is 474 g/mol. The van der Waals surface area contributed by atoms with Gasteiger partial charge >= 0.3 is 0 Å². The van der Waals surface area contributed by atoms with E-state index in [1.807, 2.05) is 12.1 Å². The Morgan fingerprint density at radius 2 is 2.00 bits per heavy atom. The summed E-state index contributed by atoms with van der Waals surface area (Å²) in [5, 5.41) is 7.06. The Morgan fingerprint density at radius 1 is 1.20 bits per heavy atom. The molecule has 0 atom stereocenters. The summed E-state index contributed by atoms with van der Waals surface area (Å²) in [6.45, 7) is 2.67. The topological polar surface area (TPSA) is 68.3 Å². The molecule has 0 radical (unpaired) electrons. The van der Waals surface area contributed by atoms with Crippen LogP contribution in [0, 0.1) is 5.82 Å². The van der Waals surface area contributed by atoms with E-state index in [1.165, 1.54) is 18.5 Å². The van der Waals surface area contributed by atoms with Crippen LogP contribution in [-0.2, 0) is 4.74 Å². The van der Waals surface area contributed by atoms with Gasteiger partial charge in [-0.2, -0.15) is 0 Å². The van der Waals surface area contributed by atoms with Crippen molar-refractivity contribution in [1.29, 1.82) is 0 Å². The summed E-state index contributed by atoms with van der Waals surface area (Å²) < 4.78 is 25.5. The SMILES string of the molecule is COCCOc1cc2ncnc(Nc3ccc(Cl)c(Cl)c3F)c2cc1C1CNC1.Cl. The number of hydrogen-bond donors (Lipinski definition) is 2. The van der Waals surface area contributed by atoms with Gasteiger partial charge in [0, 0.05) is 43.1 Å². The average Bonchev–Trinajstić information content (AvgIpc) is 2.68. The molecule has 2 aromatic carbocycles. The number of rotatable bonds is 7. The molecule has 10 heteroatoms. The monoisotopic (exact) mass is 472 g/mol. The standard InChI is InChI=1S/C20H19Cl2FN4O2.ClH/c1-28-4-5-29-17-7-16-13(6-12(17)11-8-24-9-11)20(26-10-25-16)27-15-3-2-14(21)18(22)19(15)23;/h2-3,6-7,10-11,24H,4-5,8-9H2,1H3,(H,25,26,27);1H. The van der Waals surface area contributed by atoms with Crippen LogP contribution in [0.5, 0.6) is 5.75 Å². The van der Waals surface area contributed by atoms with Crippen LogP contribution in [-0.4, -0.2) is 43.4 Å². The first kappa shape index (κ1) is 22.8. The number of benzene rings is 2. The quantitative estimate of drug-likeness (QED) is 0.374. The van der Waals surface area contributed by atoms with Gasteiger partial charge in [-0.25, -0.2) is 14.4 Å². The number of nitrogens with zero attached hydrogens (tertiary/aromatic N) is 2. The van der Waals surface area contributed by atoms with E-state index in [-0.39, 0.29) is 28.1 Å². The van der Waals surface area contributed by atoms with Crippen molar-refractivity contribution < 1.29 is 13.9 Å². The van der Waals surface area contributed by atoms with Crippen molar-refractivity contribution in [1.82, 2.24) is 15.3 Å². The van der Waals surface area contributed by atoms with Crippen LogP contribution in [0.4, 0.5) is 15.9 Å². The summed E-state index contributed by atoms with van der Waals surface area (Å²) in [5.41, 5.74) is 1.93. The largest absolute Gasteiger partial charge is 0.491 e. The molecule has 0 spiro atoms. The highest BCUT2D eigenvalue weighted by molar-refractivity contribution is 6.42. The summed E-state index contributed by atoms with van der Waals surface area (Å²) in [5.74, 6) is 0.941. The van der Waals surface area contributed by atoms with Crippen molar-refractivity contribution >= 4 is 58.0 Å². The predicted molar refractivity (Wildman–Crippen MR) is 119 cm³/mol. The number of anilines is 2. The first-order valence-electron chi connectivity index (χ1n) is 9.10. The van der Waals surface area contributed by atoms with Gasteiger partial charge in [0.2, 0.25) is 0 Å². The fourth-order valence-corrected chi connectivity index (χ4v) is 3.45. The Balaban J connectivity index is 0.00000256. The van der Waals surface area contributed by atoms with Gasteiger partial charge in [-0.15, -0.1) is 12.4 Å². The summed E-state index contributed by atoms with van der Waals surface area (Å²) in [6.07, 6.45) is 1.42. The number of fused-ring (bicyclic) bond motifs is 1. The Morgan fingerprint density at radius 3 is 2.70 bits per heavy atom. The molecule has 0 bridgehead atoms. The number of methoxy groups -OCH3 is 1. The van der Waals surface area contributed by atoms with Crippen molar-refractivity contribution in [3.63, 3.8) is 0 Å². The van der Waals surface area contributed by atoms with E-state index >= 15 is 0 Å². The molecule has 30 heavy (non-hydrogen) atoms. The Bertz CT molecular complexity index is 1050. The van der Waals surface area contributed by atoms with E-state index in [2.05, 4.69) is 20.6 Å². The predicted octanol–water partition coefficient (Wildman–Crippen LogP) is 4.95. The van der Waals surface area contributed by atoms with Crippen molar-refractivity contribution in [3.8, 4) is 5.75 Å². The Labute approximate surface area is 189 Å². The molecular formula is C20H20Cl3FN4O2. The molecule has 1 aliphatic heterocycles. The summed E-state index contributed by atoms with van der Waals surface area (Å²) in [7, 11) is 1.63. The number of nitrogens with one attached hydrogen (secondary N) is 2. The van der Waals surface area contributed by atoms with Gasteiger partial charge in [-0.05, 0) is 18.2 Å². The molecule has 1 fully saturated rings. The van der Waals surface area contributed by atoms with Gasteiger partial charge in [-0.1, -0.05) is 23.2 Å². The van der Waals surface area contributed by atoms with Gasteiger partial charge in [-0.3, -0.25) is 0 Å². The zero-order valence-electron chi connectivity index (χ0n) is 16.0. The first-order chi connectivity index (χ1) is 14.1. The highest BCUT2D eigenvalue weighted by Crippen LogP contribution is 2.37. The van der Waals surface area contributed by atoms with Crippen LogP contribution in [0.25, 0.3) is 10.9 Å². The Hall–Kier alpha value is -1.90. The molecule has 1 saturated heterocycles. The third kappa shape index (κ3) is 4.55. The lowest BCUT2D eigenvalue weighted by Gasteiger charge is -2.29. The fourth-order valence-electron chi connectivity index (χ4n) is 3.14. The maximum Gasteiger partial charge on any atom is 0.166 e. The molecule has 0 unspecified atom stereocenters. The van der Waals surface area contributed by atoms with Crippen LogP contribution in [0.2, 0.25) is 10.0 Å². The van der Waals surface area contributed by atoms with E-state index in [0.717, 1.165) is 29.8 Å². The minimum atomic E-state index is -0.631. The van der Waals surface area contributed by atoms with Crippen LogP contribution in [0.1, 0.15) is 11.5 Å². The van der Waals surface area contributed by atoms with Gasteiger partial charge in [0.1, 0.15) is 24.5 Å². The van der Waals surface area contributed by atoms with Crippen LogP contribution >= 0.6 is 35.6 Å². The second kappa shape index (κ2) is 9.94. The summed E-state index contributed by atoms with van der Waals surface area (Å²) >= 11 is 11.8. The molecule has 2 heterocycles. The second-order valence-electron chi connectivity index (χ2n) is 6.67. The molecule has 2 N–H and O–H groups in total. The molecule has 3 aromatic rings. The lowest BCUT2D eigenvalue weighted by molar-refractivity contribution is 0.145. The third-order valence-electron chi connectivity index (χ3n) is 4.82. The zero-order valence-corrected chi connectivity index (χ0v) is 18.4. The molecule has 1 aromatic heterocycles. The number of hydrogen-bond acceptors (Lipinski definition) is 6. The zero-order chi connectivity index (χ0) is 20.4. The van der Waals surface area contributed by atoms with Crippen LogP contribution in [0.3, 0.4) is 0 Å². The van der Waals surface area contributed by atoms with E-state index in [9.17, 15) is 4.39 Å². The third-order valence-corrected chi connectivity index (χ3v) is 5.60. The maximum absolute atomic E-state index is 14.5. The van der Waals surface area contributed by atoms with E-state index in [4.69, 9.17) is 32.7 Å². The normalized spacial score (nSPS) is 13.6. The fraction of sp³-hybridized carbons (Fsp3) is 0.300. The van der Waals surface area contributed by atoms with Gasteiger partial charge in [0.15, 0.2) is 5.82 Å². The van der Waals surface area contributed by atoms with Crippen molar-refractivity contribution in [2.75, 3.05) is 38.7 Å². The highest BCUT2D eigenvalue weighted by atomic mass is 35.5. The summed E-state index contributed by atoms with van der Waals surface area (Å²) in [6, 6.07) is 6.94. The number of aromatic nitrogens is 2. The molecular weight excluding hydrogens is 454 g/mol. The van der Waals surface area contributed by atoms with E-state index in [1.54, 1.807) is 7.11 Å². The van der Waals surface area contributed by atoms with Crippen LogP contribution < -0.4 is 15.4 Å². The molecule has 0 amide bonds.